The zero-order valence-electron chi connectivity index (χ0n) is 13.1. The van der Waals surface area contributed by atoms with E-state index >= 15 is 0 Å². The Morgan fingerprint density at radius 1 is 1.35 bits per heavy atom. The summed E-state index contributed by atoms with van der Waals surface area (Å²) in [4.78, 5) is 36.6. The van der Waals surface area contributed by atoms with Gasteiger partial charge in [-0.1, -0.05) is 25.1 Å². The molecule has 0 saturated carbocycles. The van der Waals surface area contributed by atoms with E-state index in [9.17, 15) is 14.4 Å². The summed E-state index contributed by atoms with van der Waals surface area (Å²) in [5.74, 6) is -1.05. The second-order valence-electron chi connectivity index (χ2n) is 5.75. The first-order chi connectivity index (χ1) is 10.9. The van der Waals surface area contributed by atoms with Crippen LogP contribution in [0.25, 0.3) is 11.0 Å². The van der Waals surface area contributed by atoms with Crippen LogP contribution in [0.4, 0.5) is 4.79 Å². The first-order valence-corrected chi connectivity index (χ1v) is 7.33. The van der Waals surface area contributed by atoms with Crippen molar-refractivity contribution < 1.29 is 18.8 Å². The Morgan fingerprint density at radius 3 is 2.65 bits per heavy atom. The number of furan rings is 1. The van der Waals surface area contributed by atoms with Gasteiger partial charge in [0.15, 0.2) is 5.76 Å². The fraction of sp³-hybridized carbons (Fsp3) is 0.312. The molecule has 2 heterocycles. The van der Waals surface area contributed by atoms with Gasteiger partial charge >= 0.3 is 11.9 Å². The number of hydrogen-bond acceptors (Lipinski definition) is 4. The molecule has 0 aliphatic carbocycles. The topological polar surface area (TPSA) is 91.7 Å². The molecule has 0 radical (unpaired) electrons. The number of carbonyl (C=O) groups is 3. The molecule has 0 bridgehead atoms. The molecular weight excluding hydrogens is 298 g/mol. The molecule has 0 unspecified atom stereocenters. The number of para-hydroxylation sites is 1. The average Bonchev–Trinajstić information content (AvgIpc) is 2.98. The van der Waals surface area contributed by atoms with Gasteiger partial charge in [-0.3, -0.25) is 9.59 Å². The highest BCUT2D eigenvalue weighted by molar-refractivity contribution is 6.09. The van der Waals surface area contributed by atoms with Crippen molar-refractivity contribution in [3.8, 4) is 0 Å². The minimum absolute atomic E-state index is 0.0805. The minimum Gasteiger partial charge on any atom is -0.451 e. The van der Waals surface area contributed by atoms with Crippen molar-refractivity contribution in [2.75, 3.05) is 0 Å². The van der Waals surface area contributed by atoms with Gasteiger partial charge in [0.05, 0.1) is 0 Å². The summed E-state index contributed by atoms with van der Waals surface area (Å²) in [5, 5.41) is 4.09. The number of amides is 4. The highest BCUT2D eigenvalue weighted by atomic mass is 16.3. The van der Waals surface area contributed by atoms with Crippen LogP contribution in [0.3, 0.4) is 0 Å². The third-order valence-electron chi connectivity index (χ3n) is 4.23. The molecule has 7 nitrogen and oxygen atoms in total. The van der Waals surface area contributed by atoms with E-state index < -0.39 is 23.4 Å². The number of hydrazine groups is 1. The number of carbonyl (C=O) groups excluding carboxylic acids is 3. The van der Waals surface area contributed by atoms with Crippen molar-refractivity contribution in [2.24, 2.45) is 0 Å². The molecule has 1 fully saturated rings. The summed E-state index contributed by atoms with van der Waals surface area (Å²) in [6, 6.07) is 6.59. The van der Waals surface area contributed by atoms with E-state index in [1.54, 1.807) is 32.9 Å². The number of benzene rings is 1. The van der Waals surface area contributed by atoms with Crippen LogP contribution in [0.5, 0.6) is 0 Å². The predicted molar refractivity (Wildman–Crippen MR) is 82.5 cm³/mol. The summed E-state index contributed by atoms with van der Waals surface area (Å²) >= 11 is 0. The van der Waals surface area contributed by atoms with Crippen LogP contribution in [0.15, 0.2) is 28.7 Å². The maximum Gasteiger partial charge on any atom is 0.344 e. The van der Waals surface area contributed by atoms with Crippen molar-refractivity contribution >= 4 is 28.8 Å². The number of imide groups is 1. The van der Waals surface area contributed by atoms with Gasteiger partial charge in [-0.2, -0.15) is 5.01 Å². The third kappa shape index (κ3) is 2.25. The smallest absolute Gasteiger partial charge is 0.344 e. The Balaban J connectivity index is 1.88. The van der Waals surface area contributed by atoms with E-state index in [0.717, 1.165) is 5.39 Å². The quantitative estimate of drug-likeness (QED) is 0.849. The number of aryl methyl sites for hydroxylation is 1. The number of rotatable bonds is 3. The fourth-order valence-corrected chi connectivity index (χ4v) is 2.57. The normalized spacial score (nSPS) is 20.9. The molecule has 1 aromatic carbocycles. The molecule has 1 aromatic heterocycles. The van der Waals surface area contributed by atoms with Crippen LogP contribution in [0.1, 0.15) is 36.4 Å². The molecule has 2 aromatic rings. The van der Waals surface area contributed by atoms with Crippen LogP contribution in [0, 0.1) is 6.92 Å². The first-order valence-electron chi connectivity index (χ1n) is 7.33. The molecule has 3 rings (SSSR count). The van der Waals surface area contributed by atoms with Crippen LogP contribution < -0.4 is 10.7 Å². The maximum atomic E-state index is 12.4. The van der Waals surface area contributed by atoms with E-state index in [4.69, 9.17) is 4.42 Å². The van der Waals surface area contributed by atoms with Gasteiger partial charge in [0.2, 0.25) is 0 Å². The monoisotopic (exact) mass is 315 g/mol. The summed E-state index contributed by atoms with van der Waals surface area (Å²) in [5.41, 5.74) is 2.55. The number of hydrogen-bond donors (Lipinski definition) is 2. The van der Waals surface area contributed by atoms with Gasteiger partial charge < -0.3 is 9.73 Å². The lowest BCUT2D eigenvalue weighted by Crippen LogP contribution is -2.48. The largest absolute Gasteiger partial charge is 0.451 e. The number of nitrogens with zero attached hydrogens (tertiary/aromatic N) is 1. The van der Waals surface area contributed by atoms with Crippen molar-refractivity contribution in [1.29, 1.82) is 0 Å². The Hall–Kier alpha value is -2.83. The molecule has 120 valence electrons. The lowest BCUT2D eigenvalue weighted by atomic mass is 10.00. The molecule has 23 heavy (non-hydrogen) atoms. The number of fused-ring (bicyclic) bond motifs is 1. The van der Waals surface area contributed by atoms with Gasteiger partial charge in [0.1, 0.15) is 11.1 Å². The molecular formula is C16H17N3O4. The van der Waals surface area contributed by atoms with Crippen LogP contribution in [-0.2, 0) is 4.79 Å². The molecule has 1 atom stereocenters. The molecule has 0 spiro atoms. The van der Waals surface area contributed by atoms with Gasteiger partial charge in [0, 0.05) is 10.9 Å². The average molecular weight is 315 g/mol. The van der Waals surface area contributed by atoms with Crippen molar-refractivity contribution in [1.82, 2.24) is 15.8 Å². The van der Waals surface area contributed by atoms with E-state index in [1.807, 2.05) is 12.1 Å². The standard InChI is InChI=1S/C16H17N3O4/c1-4-16(3)14(21)19(15(22)17-16)18-13(20)12-9(2)10-7-5-6-8-11(10)23-12/h5-8H,4H2,1-3H3,(H,17,22)(H,18,20)/t16-/m0/s1. The van der Waals surface area contributed by atoms with Gasteiger partial charge in [-0.15, -0.1) is 0 Å². The molecule has 1 aliphatic heterocycles. The second-order valence-corrected chi connectivity index (χ2v) is 5.75. The highest BCUT2D eigenvalue weighted by Crippen LogP contribution is 2.25. The number of urea groups is 1. The van der Waals surface area contributed by atoms with Crippen molar-refractivity contribution in [3.05, 3.63) is 35.6 Å². The van der Waals surface area contributed by atoms with E-state index in [2.05, 4.69) is 10.7 Å². The van der Waals surface area contributed by atoms with Crippen LogP contribution in [-0.4, -0.2) is 28.4 Å². The zero-order valence-corrected chi connectivity index (χ0v) is 13.1. The highest BCUT2D eigenvalue weighted by Gasteiger charge is 2.47. The third-order valence-corrected chi connectivity index (χ3v) is 4.23. The second kappa shape index (κ2) is 5.12. The summed E-state index contributed by atoms with van der Waals surface area (Å²) in [7, 11) is 0. The van der Waals surface area contributed by atoms with Crippen molar-refractivity contribution in [3.63, 3.8) is 0 Å². The zero-order chi connectivity index (χ0) is 16.8. The molecule has 2 N–H and O–H groups in total. The maximum absolute atomic E-state index is 12.4. The molecule has 1 aliphatic rings. The van der Waals surface area contributed by atoms with Crippen LogP contribution >= 0.6 is 0 Å². The Morgan fingerprint density at radius 2 is 2.04 bits per heavy atom. The van der Waals surface area contributed by atoms with E-state index in [0.29, 0.717) is 22.6 Å². The predicted octanol–water partition coefficient (Wildman–Crippen LogP) is 2.11. The Kier molecular flexibility index (Phi) is 3.35. The summed E-state index contributed by atoms with van der Waals surface area (Å²) in [6.45, 7) is 5.15. The fourth-order valence-electron chi connectivity index (χ4n) is 2.57. The lowest BCUT2D eigenvalue weighted by Gasteiger charge is -2.19. The SMILES string of the molecule is CC[C@]1(C)NC(=O)N(NC(=O)c2oc3ccccc3c2C)C1=O. The lowest BCUT2D eigenvalue weighted by molar-refractivity contribution is -0.132. The van der Waals surface area contributed by atoms with Crippen molar-refractivity contribution in [2.45, 2.75) is 32.7 Å². The molecule has 1 saturated heterocycles. The first kappa shape index (κ1) is 15.1. The summed E-state index contributed by atoms with van der Waals surface area (Å²) in [6.07, 6.45) is 0.424. The van der Waals surface area contributed by atoms with Crippen LogP contribution in [0.2, 0.25) is 0 Å². The van der Waals surface area contributed by atoms with Gasteiger partial charge in [0.25, 0.3) is 5.91 Å². The van der Waals surface area contributed by atoms with E-state index in [1.165, 1.54) is 0 Å². The minimum atomic E-state index is -1.01. The van der Waals surface area contributed by atoms with Gasteiger partial charge in [-0.25, -0.2) is 10.2 Å². The summed E-state index contributed by atoms with van der Waals surface area (Å²) < 4.78 is 5.54. The van der Waals surface area contributed by atoms with Gasteiger partial charge in [-0.05, 0) is 26.3 Å². The Labute approximate surface area is 132 Å². The van der Waals surface area contributed by atoms with E-state index in [-0.39, 0.29) is 5.76 Å². The molecule has 7 heteroatoms. The molecule has 4 amide bonds. The number of nitrogens with one attached hydrogen (secondary N) is 2. The Bertz CT molecular complexity index is 826.